The summed E-state index contributed by atoms with van der Waals surface area (Å²) in [7, 11) is 0. The van der Waals surface area contributed by atoms with Gasteiger partial charge in [0.25, 0.3) is 0 Å². The van der Waals surface area contributed by atoms with Gasteiger partial charge in [0.05, 0.1) is 12.2 Å². The van der Waals surface area contributed by atoms with Crippen LogP contribution in [0.3, 0.4) is 0 Å². The second-order valence-corrected chi connectivity index (χ2v) is 7.60. The van der Waals surface area contributed by atoms with Gasteiger partial charge in [0, 0.05) is 17.8 Å². The molecule has 1 aromatic carbocycles. The van der Waals surface area contributed by atoms with Crippen molar-refractivity contribution in [1.29, 1.82) is 5.26 Å². The van der Waals surface area contributed by atoms with Crippen LogP contribution in [-0.4, -0.2) is 33.7 Å². The van der Waals surface area contributed by atoms with E-state index < -0.39 is 0 Å². The number of ether oxygens (including phenoxy) is 2. The summed E-state index contributed by atoms with van der Waals surface area (Å²) >= 11 is 0. The predicted octanol–water partition coefficient (Wildman–Crippen LogP) is 3.19. The minimum Gasteiger partial charge on any atom is -0.486 e. The average molecular weight is 419 g/mol. The van der Waals surface area contributed by atoms with E-state index in [0.717, 1.165) is 40.4 Å². The Morgan fingerprint density at radius 2 is 2.06 bits per heavy atom. The molecule has 0 spiro atoms. The summed E-state index contributed by atoms with van der Waals surface area (Å²) in [5.74, 6) is 1.43. The molecule has 1 N–H and O–H groups in total. The number of nitriles is 1. The number of rotatable bonds is 6. The average Bonchev–Trinajstić information content (AvgIpc) is 3.20. The molecule has 1 aliphatic rings. The van der Waals surface area contributed by atoms with Crippen molar-refractivity contribution in [3.05, 3.63) is 52.5 Å². The molecule has 0 fully saturated rings. The highest BCUT2D eigenvalue weighted by Gasteiger charge is 2.19. The number of aromatic nitrogens is 3. The summed E-state index contributed by atoms with van der Waals surface area (Å²) in [5.41, 5.74) is 4.68. The van der Waals surface area contributed by atoms with Crippen molar-refractivity contribution in [1.82, 2.24) is 19.9 Å². The normalized spacial score (nSPS) is 13.6. The lowest BCUT2D eigenvalue weighted by molar-refractivity contribution is -0.121. The van der Waals surface area contributed by atoms with E-state index in [9.17, 15) is 10.1 Å². The second kappa shape index (κ2) is 8.64. The van der Waals surface area contributed by atoms with Gasteiger partial charge in [0.15, 0.2) is 17.1 Å². The van der Waals surface area contributed by atoms with Gasteiger partial charge in [0.2, 0.25) is 5.91 Å². The van der Waals surface area contributed by atoms with Crippen LogP contribution in [0.5, 0.6) is 11.5 Å². The van der Waals surface area contributed by atoms with Crippen LogP contribution in [0.4, 0.5) is 0 Å². The Bertz CT molecular complexity index is 1180. The van der Waals surface area contributed by atoms with Gasteiger partial charge < -0.3 is 14.8 Å². The van der Waals surface area contributed by atoms with Gasteiger partial charge in [0.1, 0.15) is 24.8 Å². The van der Waals surface area contributed by atoms with Crippen LogP contribution in [-0.2, 0) is 11.2 Å². The Kier molecular flexibility index (Phi) is 5.76. The zero-order chi connectivity index (χ0) is 22.0. The summed E-state index contributed by atoms with van der Waals surface area (Å²) in [4.78, 5) is 17.3. The predicted molar refractivity (Wildman–Crippen MR) is 114 cm³/mol. The van der Waals surface area contributed by atoms with Crippen LogP contribution in [0.25, 0.3) is 5.65 Å². The number of aryl methyl sites for hydroxylation is 2. The molecule has 1 unspecified atom stereocenters. The molecule has 31 heavy (non-hydrogen) atoms. The third kappa shape index (κ3) is 4.04. The van der Waals surface area contributed by atoms with E-state index in [1.807, 2.05) is 39.0 Å². The van der Waals surface area contributed by atoms with E-state index in [2.05, 4.69) is 21.5 Å². The van der Waals surface area contributed by atoms with Crippen LogP contribution in [0, 0.1) is 25.2 Å². The Hall–Kier alpha value is -3.60. The summed E-state index contributed by atoms with van der Waals surface area (Å²) in [6.07, 6.45) is 3.17. The molecule has 0 radical (unpaired) electrons. The fourth-order valence-electron chi connectivity index (χ4n) is 3.95. The quantitative estimate of drug-likeness (QED) is 0.658. The van der Waals surface area contributed by atoms with Crippen molar-refractivity contribution < 1.29 is 14.3 Å². The standard InChI is InChI=1S/C23H25N5O3/c1-4-19(16-5-7-20-21(11-16)31-10-9-30-20)27-22(29)8-6-18-14(2)26-23-17(12-24)13-25-28(23)15(18)3/h5,7,11,13,19H,4,6,8-10H2,1-3H3,(H,27,29). The van der Waals surface area contributed by atoms with Crippen molar-refractivity contribution in [3.63, 3.8) is 0 Å². The molecule has 0 bridgehead atoms. The first-order valence-corrected chi connectivity index (χ1v) is 10.4. The summed E-state index contributed by atoms with van der Waals surface area (Å²) < 4.78 is 12.9. The number of hydrogen-bond donors (Lipinski definition) is 1. The van der Waals surface area contributed by atoms with E-state index in [4.69, 9.17) is 9.47 Å². The molecule has 3 heterocycles. The van der Waals surface area contributed by atoms with Crippen LogP contribution >= 0.6 is 0 Å². The van der Waals surface area contributed by atoms with Crippen molar-refractivity contribution in [3.8, 4) is 17.6 Å². The fraction of sp³-hybridized carbons (Fsp3) is 0.391. The second-order valence-electron chi connectivity index (χ2n) is 7.60. The number of nitrogens with zero attached hydrogens (tertiary/aromatic N) is 4. The molecule has 160 valence electrons. The highest BCUT2D eigenvalue weighted by molar-refractivity contribution is 5.77. The molecule has 1 atom stereocenters. The number of carbonyl (C=O) groups is 1. The first kappa shape index (κ1) is 20.7. The number of fused-ring (bicyclic) bond motifs is 2. The van der Waals surface area contributed by atoms with Gasteiger partial charge in [-0.05, 0) is 49.9 Å². The fourth-order valence-corrected chi connectivity index (χ4v) is 3.95. The number of nitrogens with one attached hydrogen (secondary N) is 1. The molecule has 0 aliphatic carbocycles. The monoisotopic (exact) mass is 419 g/mol. The lowest BCUT2D eigenvalue weighted by atomic mass is 10.0. The molecule has 1 amide bonds. The van der Waals surface area contributed by atoms with Crippen LogP contribution in [0.2, 0.25) is 0 Å². The minimum absolute atomic E-state index is 0.0289. The van der Waals surface area contributed by atoms with Gasteiger partial charge in [-0.3, -0.25) is 4.79 Å². The lowest BCUT2D eigenvalue weighted by Crippen LogP contribution is -2.28. The third-order valence-corrected chi connectivity index (χ3v) is 5.64. The van der Waals surface area contributed by atoms with Crippen molar-refractivity contribution in [2.45, 2.75) is 46.1 Å². The molecule has 1 aliphatic heterocycles. The number of carbonyl (C=O) groups excluding carboxylic acids is 1. The van der Waals surface area contributed by atoms with Crippen LogP contribution in [0.1, 0.15) is 53.9 Å². The van der Waals surface area contributed by atoms with Crippen molar-refractivity contribution >= 4 is 11.6 Å². The SMILES string of the molecule is CCC(NC(=O)CCc1c(C)nc2c(C#N)cnn2c1C)c1ccc2c(c1)OCCO2. The molecule has 8 nitrogen and oxygen atoms in total. The Balaban J connectivity index is 1.46. The van der Waals surface area contributed by atoms with Gasteiger partial charge >= 0.3 is 0 Å². The largest absolute Gasteiger partial charge is 0.486 e. The molecule has 0 saturated carbocycles. The number of hydrogen-bond acceptors (Lipinski definition) is 6. The molecule has 8 heteroatoms. The lowest BCUT2D eigenvalue weighted by Gasteiger charge is -2.22. The topological polar surface area (TPSA) is 102 Å². The molecule has 0 saturated heterocycles. The first-order chi connectivity index (χ1) is 15.0. The minimum atomic E-state index is -0.101. The first-order valence-electron chi connectivity index (χ1n) is 10.4. The van der Waals surface area contributed by atoms with Crippen molar-refractivity contribution in [2.24, 2.45) is 0 Å². The van der Waals surface area contributed by atoms with E-state index in [-0.39, 0.29) is 11.9 Å². The van der Waals surface area contributed by atoms with E-state index in [0.29, 0.717) is 37.3 Å². The van der Waals surface area contributed by atoms with Crippen molar-refractivity contribution in [2.75, 3.05) is 13.2 Å². The molecule has 4 rings (SSSR count). The maximum Gasteiger partial charge on any atom is 0.220 e. The maximum absolute atomic E-state index is 12.7. The van der Waals surface area contributed by atoms with Gasteiger partial charge in [-0.1, -0.05) is 13.0 Å². The van der Waals surface area contributed by atoms with Gasteiger partial charge in [-0.15, -0.1) is 0 Å². The summed E-state index contributed by atoms with van der Waals surface area (Å²) in [5, 5.41) is 16.6. The zero-order valence-corrected chi connectivity index (χ0v) is 17.9. The maximum atomic E-state index is 12.7. The van der Waals surface area contributed by atoms with E-state index >= 15 is 0 Å². The number of amides is 1. The summed E-state index contributed by atoms with van der Waals surface area (Å²) in [6, 6.07) is 7.82. The Labute approximate surface area is 180 Å². The number of benzene rings is 1. The Morgan fingerprint density at radius 3 is 2.81 bits per heavy atom. The van der Waals surface area contributed by atoms with Gasteiger partial charge in [-0.25, -0.2) is 9.50 Å². The van der Waals surface area contributed by atoms with Crippen LogP contribution < -0.4 is 14.8 Å². The molecular formula is C23H25N5O3. The smallest absolute Gasteiger partial charge is 0.220 e. The highest BCUT2D eigenvalue weighted by Crippen LogP contribution is 2.33. The van der Waals surface area contributed by atoms with Crippen LogP contribution in [0.15, 0.2) is 24.4 Å². The van der Waals surface area contributed by atoms with E-state index in [1.165, 1.54) is 6.20 Å². The highest BCUT2D eigenvalue weighted by atomic mass is 16.6. The molecule has 2 aromatic heterocycles. The molecular weight excluding hydrogens is 394 g/mol. The molecule has 3 aromatic rings. The Morgan fingerprint density at radius 1 is 1.29 bits per heavy atom. The van der Waals surface area contributed by atoms with Gasteiger partial charge in [-0.2, -0.15) is 10.4 Å². The van der Waals surface area contributed by atoms with E-state index in [1.54, 1.807) is 4.52 Å². The third-order valence-electron chi connectivity index (χ3n) is 5.64. The zero-order valence-electron chi connectivity index (χ0n) is 17.9. The summed E-state index contributed by atoms with van der Waals surface area (Å²) in [6.45, 7) is 6.96.